The lowest BCUT2D eigenvalue weighted by Gasteiger charge is -2.16. The second kappa shape index (κ2) is 6.54. The van der Waals surface area contributed by atoms with Gasteiger partial charge in [0.1, 0.15) is 23.1 Å². The molecule has 21 heavy (non-hydrogen) atoms. The maximum absolute atomic E-state index is 13.5. The van der Waals surface area contributed by atoms with Gasteiger partial charge >= 0.3 is 0 Å². The number of hydrogen-bond acceptors (Lipinski definition) is 3. The van der Waals surface area contributed by atoms with Gasteiger partial charge in [-0.05, 0) is 31.2 Å². The monoisotopic (exact) mass is 293 g/mol. The Balaban J connectivity index is 2.08. The van der Waals surface area contributed by atoms with E-state index in [2.05, 4.69) is 5.32 Å². The van der Waals surface area contributed by atoms with Crippen molar-refractivity contribution in [2.45, 2.75) is 19.5 Å². The Labute approximate surface area is 122 Å². The Morgan fingerprint density at radius 1 is 1.19 bits per heavy atom. The zero-order valence-electron chi connectivity index (χ0n) is 11.9. The van der Waals surface area contributed by atoms with Crippen LogP contribution in [-0.4, -0.2) is 12.2 Å². The van der Waals surface area contributed by atoms with E-state index in [4.69, 9.17) is 4.74 Å². The summed E-state index contributed by atoms with van der Waals surface area (Å²) in [6.45, 7) is 2.00. The summed E-state index contributed by atoms with van der Waals surface area (Å²) in [5, 5.41) is 13.0. The van der Waals surface area contributed by atoms with E-state index in [-0.39, 0.29) is 23.9 Å². The van der Waals surface area contributed by atoms with E-state index in [1.807, 2.05) is 6.92 Å². The summed E-state index contributed by atoms with van der Waals surface area (Å²) in [5.74, 6) is -0.295. The average Bonchev–Trinajstić information content (AvgIpc) is 2.47. The third kappa shape index (κ3) is 3.70. The number of hydrogen-bond donors (Lipinski definition) is 2. The molecule has 0 bridgehead atoms. The van der Waals surface area contributed by atoms with Crippen molar-refractivity contribution in [2.75, 3.05) is 7.11 Å². The molecule has 112 valence electrons. The van der Waals surface area contributed by atoms with Crippen molar-refractivity contribution in [2.24, 2.45) is 0 Å². The lowest BCUT2D eigenvalue weighted by atomic mass is 10.1. The van der Waals surface area contributed by atoms with Crippen LogP contribution >= 0.6 is 0 Å². The number of aromatic hydroxyl groups is 1. The standard InChI is InChI=1S/C16H17F2NO2/c1-10(14-5-4-13(21-2)8-16(14)20)19-9-11-7-12(17)3-6-15(11)18/h3-8,10,19-20H,9H2,1-2H3. The second-order valence-electron chi connectivity index (χ2n) is 4.76. The van der Waals surface area contributed by atoms with Crippen molar-refractivity contribution < 1.29 is 18.6 Å². The van der Waals surface area contributed by atoms with Gasteiger partial charge in [0.2, 0.25) is 0 Å². The molecule has 2 rings (SSSR count). The molecule has 0 spiro atoms. The summed E-state index contributed by atoms with van der Waals surface area (Å²) < 4.78 is 31.6. The lowest BCUT2D eigenvalue weighted by molar-refractivity contribution is 0.403. The molecular weight excluding hydrogens is 276 g/mol. The SMILES string of the molecule is COc1ccc(C(C)NCc2cc(F)ccc2F)c(O)c1. The smallest absolute Gasteiger partial charge is 0.127 e. The quantitative estimate of drug-likeness (QED) is 0.886. The Morgan fingerprint density at radius 2 is 1.95 bits per heavy atom. The maximum Gasteiger partial charge on any atom is 0.127 e. The normalized spacial score (nSPS) is 12.2. The van der Waals surface area contributed by atoms with Crippen molar-refractivity contribution in [3.05, 3.63) is 59.2 Å². The highest BCUT2D eigenvalue weighted by atomic mass is 19.1. The third-order valence-corrected chi connectivity index (χ3v) is 3.31. The minimum Gasteiger partial charge on any atom is -0.507 e. The lowest BCUT2D eigenvalue weighted by Crippen LogP contribution is -2.19. The van der Waals surface area contributed by atoms with Gasteiger partial charge in [-0.2, -0.15) is 0 Å². The number of rotatable bonds is 5. The molecule has 2 N–H and O–H groups in total. The molecule has 0 amide bonds. The summed E-state index contributed by atoms with van der Waals surface area (Å²) >= 11 is 0. The molecule has 2 aromatic rings. The fraction of sp³-hybridized carbons (Fsp3) is 0.250. The van der Waals surface area contributed by atoms with Crippen LogP contribution in [0.4, 0.5) is 8.78 Å². The van der Waals surface area contributed by atoms with Crippen molar-refractivity contribution in [3.63, 3.8) is 0 Å². The van der Waals surface area contributed by atoms with Gasteiger partial charge < -0.3 is 15.2 Å². The highest BCUT2D eigenvalue weighted by molar-refractivity contribution is 5.41. The molecule has 0 aliphatic rings. The highest BCUT2D eigenvalue weighted by Crippen LogP contribution is 2.28. The molecule has 0 heterocycles. The number of ether oxygens (including phenoxy) is 1. The largest absolute Gasteiger partial charge is 0.507 e. The van der Waals surface area contributed by atoms with Crippen molar-refractivity contribution in [1.29, 1.82) is 0 Å². The van der Waals surface area contributed by atoms with Crippen LogP contribution < -0.4 is 10.1 Å². The van der Waals surface area contributed by atoms with E-state index >= 15 is 0 Å². The predicted octanol–water partition coefficient (Wildman–Crippen LogP) is 3.53. The molecule has 0 aliphatic carbocycles. The van der Waals surface area contributed by atoms with Crippen LogP contribution in [0.2, 0.25) is 0 Å². The van der Waals surface area contributed by atoms with Crippen LogP contribution in [0.15, 0.2) is 36.4 Å². The first-order chi connectivity index (χ1) is 10.0. The Morgan fingerprint density at radius 3 is 2.62 bits per heavy atom. The van der Waals surface area contributed by atoms with Crippen LogP contribution in [-0.2, 0) is 6.54 Å². The Bertz CT molecular complexity index is 632. The number of methoxy groups -OCH3 is 1. The average molecular weight is 293 g/mol. The maximum atomic E-state index is 13.5. The number of halogens is 2. The molecule has 0 saturated heterocycles. The summed E-state index contributed by atoms with van der Waals surface area (Å²) in [4.78, 5) is 0. The van der Waals surface area contributed by atoms with Gasteiger partial charge in [0.25, 0.3) is 0 Å². The van der Waals surface area contributed by atoms with Gasteiger partial charge in [0, 0.05) is 29.8 Å². The van der Waals surface area contributed by atoms with Gasteiger partial charge in [0.05, 0.1) is 7.11 Å². The first kappa shape index (κ1) is 15.3. The molecule has 0 aromatic heterocycles. The minimum absolute atomic E-state index is 0.0917. The summed E-state index contributed by atoms with van der Waals surface area (Å²) in [7, 11) is 1.52. The number of phenols is 1. The molecule has 1 atom stereocenters. The molecule has 0 fully saturated rings. The van der Waals surface area contributed by atoms with Crippen LogP contribution in [0.1, 0.15) is 24.1 Å². The van der Waals surface area contributed by atoms with E-state index in [0.717, 1.165) is 18.2 Å². The molecule has 0 saturated carbocycles. The van der Waals surface area contributed by atoms with Crippen molar-refractivity contribution in [1.82, 2.24) is 5.32 Å². The molecule has 3 nitrogen and oxygen atoms in total. The van der Waals surface area contributed by atoms with Crippen LogP contribution in [0.3, 0.4) is 0 Å². The van der Waals surface area contributed by atoms with E-state index < -0.39 is 11.6 Å². The van der Waals surface area contributed by atoms with Crippen LogP contribution in [0, 0.1) is 11.6 Å². The summed E-state index contributed by atoms with van der Waals surface area (Å²) in [6.07, 6.45) is 0. The van der Waals surface area contributed by atoms with Gasteiger partial charge in [-0.15, -0.1) is 0 Å². The van der Waals surface area contributed by atoms with Gasteiger partial charge in [0.15, 0.2) is 0 Å². The van der Waals surface area contributed by atoms with Gasteiger partial charge in [-0.1, -0.05) is 6.07 Å². The first-order valence-electron chi connectivity index (χ1n) is 6.55. The van der Waals surface area contributed by atoms with E-state index in [0.29, 0.717) is 11.3 Å². The molecule has 1 unspecified atom stereocenters. The topological polar surface area (TPSA) is 41.5 Å². The highest BCUT2D eigenvalue weighted by Gasteiger charge is 2.12. The zero-order chi connectivity index (χ0) is 15.4. The van der Waals surface area contributed by atoms with Crippen molar-refractivity contribution >= 4 is 0 Å². The Kier molecular flexibility index (Phi) is 4.75. The van der Waals surface area contributed by atoms with Crippen LogP contribution in [0.5, 0.6) is 11.5 Å². The molecular formula is C16H17F2NO2. The third-order valence-electron chi connectivity index (χ3n) is 3.31. The molecule has 5 heteroatoms. The Hall–Kier alpha value is -2.14. The van der Waals surface area contributed by atoms with Gasteiger partial charge in [-0.25, -0.2) is 8.78 Å². The van der Waals surface area contributed by atoms with Crippen LogP contribution in [0.25, 0.3) is 0 Å². The van der Waals surface area contributed by atoms with Crippen molar-refractivity contribution in [3.8, 4) is 11.5 Å². The fourth-order valence-electron chi connectivity index (χ4n) is 2.07. The fourth-order valence-corrected chi connectivity index (χ4v) is 2.07. The molecule has 0 radical (unpaired) electrons. The van der Waals surface area contributed by atoms with E-state index in [9.17, 15) is 13.9 Å². The van der Waals surface area contributed by atoms with E-state index in [1.54, 1.807) is 12.1 Å². The van der Waals surface area contributed by atoms with Gasteiger partial charge in [-0.3, -0.25) is 0 Å². The zero-order valence-corrected chi connectivity index (χ0v) is 11.9. The number of benzene rings is 2. The summed E-state index contributed by atoms with van der Waals surface area (Å²) in [5.41, 5.74) is 0.905. The second-order valence-corrected chi connectivity index (χ2v) is 4.76. The predicted molar refractivity (Wildman–Crippen MR) is 76.3 cm³/mol. The summed E-state index contributed by atoms with van der Waals surface area (Å²) in [6, 6.07) is 8.08. The molecule has 2 aromatic carbocycles. The number of phenolic OH excluding ortho intramolecular Hbond substituents is 1. The molecule has 0 aliphatic heterocycles. The number of nitrogens with one attached hydrogen (secondary N) is 1. The first-order valence-corrected chi connectivity index (χ1v) is 6.55. The van der Waals surface area contributed by atoms with E-state index in [1.165, 1.54) is 13.2 Å². The minimum atomic E-state index is -0.479.